The molecule has 0 bridgehead atoms. The van der Waals surface area contributed by atoms with Crippen molar-refractivity contribution in [3.05, 3.63) is 0 Å². The molecular weight excluding hydrogens is 536 g/mol. The van der Waals surface area contributed by atoms with Crippen molar-refractivity contribution in [1.82, 2.24) is 0 Å². The Balaban J connectivity index is 4.81. The highest BCUT2D eigenvalue weighted by Gasteiger charge is 2.43. The van der Waals surface area contributed by atoms with Crippen molar-refractivity contribution in [2.24, 2.45) is 17.3 Å². The van der Waals surface area contributed by atoms with E-state index in [0.29, 0.717) is 16.5 Å². The number of hydrogen-bond donors (Lipinski definition) is 0. The average molecular weight is 595 g/mol. The van der Waals surface area contributed by atoms with Gasteiger partial charge in [0.05, 0.1) is 0 Å². The first kappa shape index (κ1) is 33.6. The van der Waals surface area contributed by atoms with Gasteiger partial charge >= 0.3 is 0 Å². The maximum atomic E-state index is 13.0. The number of carbonyl (C=O) groups is 1. The SMILES string of the molecule is CCCCCCCCCCCCC(CC)(C(C)=O)C(Br)C(CC)CC(Br)C(CC)CCCC. The fourth-order valence-corrected chi connectivity index (χ4v) is 8.17. The normalized spacial score (nSPS) is 17.3. The molecule has 0 aliphatic heterocycles. The van der Waals surface area contributed by atoms with Crippen molar-refractivity contribution in [2.45, 2.75) is 167 Å². The molecule has 0 fully saturated rings. The molecule has 0 heterocycles. The van der Waals surface area contributed by atoms with Crippen molar-refractivity contribution >= 4 is 37.6 Å². The third-order valence-electron chi connectivity index (χ3n) is 8.27. The number of rotatable bonds is 23. The molecular formula is C30H58Br2O. The number of carbonyl (C=O) groups excluding carboxylic acids is 1. The Morgan fingerprint density at radius 3 is 1.61 bits per heavy atom. The fraction of sp³-hybridized carbons (Fsp3) is 0.967. The topological polar surface area (TPSA) is 17.1 Å². The third-order valence-corrected chi connectivity index (χ3v) is 11.0. The summed E-state index contributed by atoms with van der Waals surface area (Å²) in [5.41, 5.74) is -0.210. The summed E-state index contributed by atoms with van der Waals surface area (Å²) in [5, 5.41) is 0. The van der Waals surface area contributed by atoms with Crippen LogP contribution in [0.2, 0.25) is 0 Å². The lowest BCUT2D eigenvalue weighted by Gasteiger charge is -2.40. The van der Waals surface area contributed by atoms with Crippen molar-refractivity contribution in [1.29, 1.82) is 0 Å². The van der Waals surface area contributed by atoms with Crippen LogP contribution in [0.25, 0.3) is 0 Å². The van der Waals surface area contributed by atoms with Crippen molar-refractivity contribution in [2.75, 3.05) is 0 Å². The smallest absolute Gasteiger partial charge is 0.137 e. The first-order valence-electron chi connectivity index (χ1n) is 14.6. The summed E-state index contributed by atoms with van der Waals surface area (Å²) >= 11 is 8.20. The van der Waals surface area contributed by atoms with Gasteiger partial charge in [-0.15, -0.1) is 0 Å². The van der Waals surface area contributed by atoms with Gasteiger partial charge < -0.3 is 0 Å². The lowest BCUT2D eigenvalue weighted by atomic mass is 9.69. The van der Waals surface area contributed by atoms with Crippen molar-refractivity contribution < 1.29 is 4.79 Å². The molecule has 0 saturated heterocycles. The molecule has 0 spiro atoms. The molecule has 0 aliphatic rings. The number of ketones is 1. The van der Waals surface area contributed by atoms with Crippen LogP contribution in [-0.4, -0.2) is 15.4 Å². The Hall–Kier alpha value is 0.630. The monoisotopic (exact) mass is 592 g/mol. The predicted octanol–water partition coefficient (Wildman–Crippen LogP) is 11.4. The number of unbranched alkanes of at least 4 members (excludes halogenated alkanes) is 10. The molecule has 5 atom stereocenters. The second-order valence-electron chi connectivity index (χ2n) is 10.6. The van der Waals surface area contributed by atoms with Crippen molar-refractivity contribution in [3.8, 4) is 0 Å². The number of alkyl halides is 2. The Labute approximate surface area is 225 Å². The molecule has 33 heavy (non-hydrogen) atoms. The molecule has 0 aliphatic carbocycles. The van der Waals surface area contributed by atoms with Gasteiger partial charge in [-0.25, -0.2) is 0 Å². The number of halogens is 2. The van der Waals surface area contributed by atoms with Gasteiger partial charge in [-0.2, -0.15) is 0 Å². The van der Waals surface area contributed by atoms with E-state index in [0.717, 1.165) is 25.2 Å². The van der Waals surface area contributed by atoms with Crippen LogP contribution in [0.3, 0.4) is 0 Å². The van der Waals surface area contributed by atoms with Gasteiger partial charge in [-0.3, -0.25) is 4.79 Å². The average Bonchev–Trinajstić information content (AvgIpc) is 2.81. The molecule has 0 aromatic carbocycles. The third kappa shape index (κ3) is 12.9. The molecule has 198 valence electrons. The van der Waals surface area contributed by atoms with E-state index in [4.69, 9.17) is 0 Å². The van der Waals surface area contributed by atoms with Gasteiger partial charge in [0, 0.05) is 15.1 Å². The minimum absolute atomic E-state index is 0.210. The standard InChI is InChI=1S/C30H58Br2O/c1-7-12-14-15-16-17-18-19-20-21-23-30(11-5,25(6)33)29(32)27(10-4)24-28(31)26(9-3)22-13-8-2/h26-29H,7-24H2,1-6H3. The van der Waals surface area contributed by atoms with Crippen LogP contribution >= 0.6 is 31.9 Å². The highest BCUT2D eigenvalue weighted by Crippen LogP contribution is 2.45. The molecule has 0 saturated carbocycles. The summed E-state index contributed by atoms with van der Waals surface area (Å²) in [5.74, 6) is 1.68. The summed E-state index contributed by atoms with van der Waals surface area (Å²) in [6, 6.07) is 0. The van der Waals surface area contributed by atoms with E-state index in [1.54, 1.807) is 0 Å². The highest BCUT2D eigenvalue weighted by atomic mass is 79.9. The summed E-state index contributed by atoms with van der Waals surface area (Å²) in [7, 11) is 0. The minimum atomic E-state index is -0.210. The van der Waals surface area contributed by atoms with Crippen LogP contribution < -0.4 is 0 Å². The van der Waals surface area contributed by atoms with Gasteiger partial charge in [0.2, 0.25) is 0 Å². The summed E-state index contributed by atoms with van der Waals surface area (Å²) in [4.78, 5) is 13.9. The fourth-order valence-electron chi connectivity index (χ4n) is 5.59. The van der Waals surface area contributed by atoms with Gasteiger partial charge in [0.25, 0.3) is 0 Å². The van der Waals surface area contributed by atoms with E-state index in [1.807, 2.05) is 6.92 Å². The Kier molecular flexibility index (Phi) is 21.2. The molecule has 3 heteroatoms. The second kappa shape index (κ2) is 20.8. The van der Waals surface area contributed by atoms with Crippen LogP contribution in [0.4, 0.5) is 0 Å². The van der Waals surface area contributed by atoms with Crippen LogP contribution in [0.1, 0.15) is 157 Å². The van der Waals surface area contributed by atoms with E-state index in [1.165, 1.54) is 96.3 Å². The van der Waals surface area contributed by atoms with Gasteiger partial charge in [-0.1, -0.05) is 156 Å². The van der Waals surface area contributed by atoms with Crippen molar-refractivity contribution in [3.63, 3.8) is 0 Å². The number of hydrogen-bond acceptors (Lipinski definition) is 1. The minimum Gasteiger partial charge on any atom is -0.299 e. The zero-order valence-electron chi connectivity index (χ0n) is 23.2. The van der Waals surface area contributed by atoms with E-state index >= 15 is 0 Å². The van der Waals surface area contributed by atoms with Gasteiger partial charge in [-0.05, 0) is 44.4 Å². The summed E-state index contributed by atoms with van der Waals surface area (Å²) < 4.78 is 0. The predicted molar refractivity (Wildman–Crippen MR) is 157 cm³/mol. The van der Waals surface area contributed by atoms with Gasteiger partial charge in [0.15, 0.2) is 0 Å². The molecule has 0 aromatic rings. The van der Waals surface area contributed by atoms with Gasteiger partial charge in [0.1, 0.15) is 5.78 Å². The lowest BCUT2D eigenvalue weighted by Crippen LogP contribution is -2.42. The zero-order chi connectivity index (χ0) is 25.1. The molecule has 5 unspecified atom stereocenters. The molecule has 0 aromatic heterocycles. The van der Waals surface area contributed by atoms with E-state index in [2.05, 4.69) is 66.5 Å². The first-order chi connectivity index (χ1) is 15.8. The lowest BCUT2D eigenvalue weighted by molar-refractivity contribution is -0.128. The number of Topliss-reactive ketones (excluding diaryl/α,β-unsaturated/α-hetero) is 1. The van der Waals surface area contributed by atoms with Crippen LogP contribution in [0.5, 0.6) is 0 Å². The van der Waals surface area contributed by atoms with Crippen LogP contribution in [0.15, 0.2) is 0 Å². The quantitative estimate of drug-likeness (QED) is 0.0850. The van der Waals surface area contributed by atoms with E-state index in [9.17, 15) is 4.79 Å². The van der Waals surface area contributed by atoms with Crippen LogP contribution in [0, 0.1) is 17.3 Å². The maximum Gasteiger partial charge on any atom is 0.137 e. The summed E-state index contributed by atoms with van der Waals surface area (Å²) in [6.07, 6.45) is 22.9. The molecule has 0 amide bonds. The van der Waals surface area contributed by atoms with E-state index < -0.39 is 0 Å². The van der Waals surface area contributed by atoms with Crippen LogP contribution in [-0.2, 0) is 4.79 Å². The first-order valence-corrected chi connectivity index (χ1v) is 16.5. The highest BCUT2D eigenvalue weighted by molar-refractivity contribution is 9.09. The molecule has 0 rings (SSSR count). The molecule has 1 nitrogen and oxygen atoms in total. The Morgan fingerprint density at radius 1 is 0.697 bits per heavy atom. The second-order valence-corrected chi connectivity index (χ2v) is 12.8. The Bertz CT molecular complexity index is 466. The Morgan fingerprint density at radius 2 is 1.18 bits per heavy atom. The largest absolute Gasteiger partial charge is 0.299 e. The zero-order valence-corrected chi connectivity index (χ0v) is 26.4. The molecule has 0 radical (unpaired) electrons. The van der Waals surface area contributed by atoms with E-state index in [-0.39, 0.29) is 10.2 Å². The molecule has 0 N–H and O–H groups in total. The maximum absolute atomic E-state index is 13.0. The summed E-state index contributed by atoms with van der Waals surface area (Å²) in [6.45, 7) is 13.3.